The van der Waals surface area contributed by atoms with E-state index in [2.05, 4.69) is 10.6 Å². The molecule has 1 heterocycles. The number of carbonyl (C=O) groups is 2. The molecule has 2 aromatic carbocycles. The number of hydrogen-bond acceptors (Lipinski definition) is 6. The van der Waals surface area contributed by atoms with Crippen LogP contribution < -0.4 is 10.6 Å². The Morgan fingerprint density at radius 3 is 2.45 bits per heavy atom. The van der Waals surface area contributed by atoms with Gasteiger partial charge in [-0.1, -0.05) is 29.8 Å². The number of piperazine rings is 1. The molecule has 0 aliphatic carbocycles. The third-order valence-corrected chi connectivity index (χ3v) is 5.71. The molecule has 9 nitrogen and oxygen atoms in total. The van der Waals surface area contributed by atoms with Crippen molar-refractivity contribution in [2.24, 2.45) is 0 Å². The average Bonchev–Trinajstić information content (AvgIpc) is 2.78. The summed E-state index contributed by atoms with van der Waals surface area (Å²) >= 11 is 6.16. The number of hydrogen-bond donors (Lipinski definition) is 2. The van der Waals surface area contributed by atoms with E-state index >= 15 is 0 Å². The van der Waals surface area contributed by atoms with Crippen LogP contribution >= 0.6 is 11.6 Å². The minimum absolute atomic E-state index is 0.0414. The number of halogens is 1. The smallest absolute Gasteiger partial charge is 0.293 e. The summed E-state index contributed by atoms with van der Waals surface area (Å²) in [5.41, 5.74) is 1.22. The lowest BCUT2D eigenvalue weighted by Gasteiger charge is -2.34. The summed E-state index contributed by atoms with van der Waals surface area (Å²) in [6, 6.07) is 11.8. The first-order valence-corrected chi connectivity index (χ1v) is 11.2. The predicted octanol–water partition coefficient (Wildman–Crippen LogP) is 3.14. The minimum atomic E-state index is -0.503. The summed E-state index contributed by atoms with van der Waals surface area (Å²) in [7, 11) is 0. The van der Waals surface area contributed by atoms with Crippen molar-refractivity contribution in [1.82, 2.24) is 15.1 Å². The number of benzene rings is 2. The monoisotopic (exact) mass is 473 g/mol. The number of amides is 2. The second kappa shape index (κ2) is 11.1. The summed E-state index contributed by atoms with van der Waals surface area (Å²) in [4.78, 5) is 39.7. The highest BCUT2D eigenvalue weighted by Crippen LogP contribution is 2.28. The van der Waals surface area contributed by atoms with Gasteiger partial charge in [-0.3, -0.25) is 24.6 Å². The van der Waals surface area contributed by atoms with Gasteiger partial charge in [-0.2, -0.15) is 0 Å². The molecule has 0 radical (unpaired) electrons. The molecule has 2 N–H and O–H groups in total. The maximum absolute atomic E-state index is 13.0. The summed E-state index contributed by atoms with van der Waals surface area (Å²) in [6.45, 7) is 6.46. The van der Waals surface area contributed by atoms with Gasteiger partial charge < -0.3 is 15.5 Å². The highest BCUT2D eigenvalue weighted by molar-refractivity contribution is 6.31. The molecule has 0 unspecified atom stereocenters. The molecular weight excluding hydrogens is 446 g/mol. The summed E-state index contributed by atoms with van der Waals surface area (Å²) < 4.78 is 0. The van der Waals surface area contributed by atoms with E-state index in [0.29, 0.717) is 43.4 Å². The van der Waals surface area contributed by atoms with Crippen LogP contribution in [0.1, 0.15) is 29.8 Å². The normalized spacial score (nSPS) is 14.2. The molecule has 0 spiro atoms. The maximum Gasteiger partial charge on any atom is 0.293 e. The highest BCUT2D eigenvalue weighted by atomic mass is 35.5. The Morgan fingerprint density at radius 1 is 1.12 bits per heavy atom. The van der Waals surface area contributed by atoms with Crippen LogP contribution in [0.4, 0.5) is 11.4 Å². The summed E-state index contributed by atoms with van der Waals surface area (Å²) in [5.74, 6) is -0.303. The van der Waals surface area contributed by atoms with Gasteiger partial charge in [0, 0.05) is 55.4 Å². The van der Waals surface area contributed by atoms with Crippen LogP contribution in [0, 0.1) is 10.1 Å². The first-order valence-electron chi connectivity index (χ1n) is 10.8. The van der Waals surface area contributed by atoms with Crippen molar-refractivity contribution in [3.8, 4) is 0 Å². The van der Waals surface area contributed by atoms with Crippen LogP contribution in [0.2, 0.25) is 5.02 Å². The SMILES string of the molecule is CC(C)NC(=O)CN1CCN(C(=O)c2ccc(NCc3ccccc3Cl)c([N+](=O)[O-])c2)CC1. The van der Waals surface area contributed by atoms with E-state index in [1.165, 1.54) is 6.07 Å². The predicted molar refractivity (Wildman–Crippen MR) is 127 cm³/mol. The van der Waals surface area contributed by atoms with Crippen LogP contribution in [0.5, 0.6) is 0 Å². The third-order valence-electron chi connectivity index (χ3n) is 5.34. The van der Waals surface area contributed by atoms with Crippen LogP contribution in [0.15, 0.2) is 42.5 Å². The van der Waals surface area contributed by atoms with Gasteiger partial charge in [0.05, 0.1) is 11.5 Å². The van der Waals surface area contributed by atoms with E-state index in [0.717, 1.165) is 5.56 Å². The number of rotatable bonds is 8. The average molecular weight is 474 g/mol. The Bertz CT molecular complexity index is 1020. The third kappa shape index (κ3) is 6.66. The van der Waals surface area contributed by atoms with Crippen LogP contribution in [-0.2, 0) is 11.3 Å². The zero-order valence-electron chi connectivity index (χ0n) is 18.7. The molecule has 2 amide bonds. The fourth-order valence-corrected chi connectivity index (χ4v) is 3.86. The molecule has 1 saturated heterocycles. The van der Waals surface area contributed by atoms with Crippen molar-refractivity contribution in [1.29, 1.82) is 0 Å². The Morgan fingerprint density at radius 2 is 1.82 bits per heavy atom. The molecular formula is C23H28ClN5O4. The maximum atomic E-state index is 13.0. The topological polar surface area (TPSA) is 108 Å². The molecule has 0 saturated carbocycles. The van der Waals surface area contributed by atoms with Crippen LogP contribution in [0.25, 0.3) is 0 Å². The molecule has 3 rings (SSSR count). The molecule has 176 valence electrons. The van der Waals surface area contributed by atoms with E-state index < -0.39 is 4.92 Å². The molecule has 0 atom stereocenters. The van der Waals surface area contributed by atoms with Crippen molar-refractivity contribution in [2.75, 3.05) is 38.0 Å². The fraction of sp³-hybridized carbons (Fsp3) is 0.391. The fourth-order valence-electron chi connectivity index (χ4n) is 3.66. The Kier molecular flexibility index (Phi) is 8.24. The quantitative estimate of drug-likeness (QED) is 0.450. The van der Waals surface area contributed by atoms with Gasteiger partial charge in [0.25, 0.3) is 11.6 Å². The lowest BCUT2D eigenvalue weighted by molar-refractivity contribution is -0.384. The molecule has 2 aromatic rings. The number of anilines is 1. The first-order chi connectivity index (χ1) is 15.7. The zero-order valence-corrected chi connectivity index (χ0v) is 19.5. The number of nitrogens with zero attached hydrogens (tertiary/aromatic N) is 3. The van der Waals surface area contributed by atoms with E-state index in [1.54, 1.807) is 23.1 Å². The lowest BCUT2D eigenvalue weighted by Crippen LogP contribution is -2.51. The van der Waals surface area contributed by atoms with Crippen LogP contribution in [-0.4, -0.2) is 65.3 Å². The van der Waals surface area contributed by atoms with Crippen molar-refractivity contribution in [3.63, 3.8) is 0 Å². The van der Waals surface area contributed by atoms with Crippen LogP contribution in [0.3, 0.4) is 0 Å². The Balaban J connectivity index is 1.63. The van der Waals surface area contributed by atoms with Gasteiger partial charge in [-0.05, 0) is 37.6 Å². The first kappa shape index (κ1) is 24.5. The number of nitro benzene ring substituents is 1. The zero-order chi connectivity index (χ0) is 24.0. The standard InChI is InChI=1S/C23H28ClN5O4/c1-16(2)26-22(30)15-27-9-11-28(12-10-27)23(31)17-7-8-20(21(13-17)29(32)33)25-14-18-5-3-4-6-19(18)24/h3-8,13,16,25H,9-12,14-15H2,1-2H3,(H,26,30). The van der Waals surface area contributed by atoms with E-state index in [4.69, 9.17) is 11.6 Å². The molecule has 1 fully saturated rings. The molecule has 1 aliphatic rings. The largest absolute Gasteiger partial charge is 0.375 e. The van der Waals surface area contributed by atoms with E-state index in [-0.39, 0.29) is 35.7 Å². The molecule has 33 heavy (non-hydrogen) atoms. The molecule has 0 aromatic heterocycles. The Labute approximate surface area is 197 Å². The van der Waals surface area contributed by atoms with Gasteiger partial charge >= 0.3 is 0 Å². The summed E-state index contributed by atoms with van der Waals surface area (Å²) in [6.07, 6.45) is 0. The Hall–Kier alpha value is -3.17. The number of carbonyl (C=O) groups excluding carboxylic acids is 2. The van der Waals surface area contributed by atoms with Gasteiger partial charge in [0.2, 0.25) is 5.91 Å². The van der Waals surface area contributed by atoms with Gasteiger partial charge in [0.15, 0.2) is 0 Å². The van der Waals surface area contributed by atoms with Gasteiger partial charge in [-0.25, -0.2) is 0 Å². The summed E-state index contributed by atoms with van der Waals surface area (Å²) in [5, 5.41) is 18.1. The number of nitrogens with one attached hydrogen (secondary N) is 2. The van der Waals surface area contributed by atoms with E-state index in [1.807, 2.05) is 36.9 Å². The molecule has 1 aliphatic heterocycles. The molecule has 0 bridgehead atoms. The highest BCUT2D eigenvalue weighted by Gasteiger charge is 2.25. The van der Waals surface area contributed by atoms with Crippen molar-refractivity contribution in [2.45, 2.75) is 26.4 Å². The minimum Gasteiger partial charge on any atom is -0.375 e. The van der Waals surface area contributed by atoms with Gasteiger partial charge in [0.1, 0.15) is 5.69 Å². The second-order valence-corrected chi connectivity index (χ2v) is 8.63. The van der Waals surface area contributed by atoms with Gasteiger partial charge in [-0.15, -0.1) is 0 Å². The van der Waals surface area contributed by atoms with Crippen molar-refractivity contribution in [3.05, 3.63) is 68.7 Å². The number of nitro groups is 1. The van der Waals surface area contributed by atoms with Crippen molar-refractivity contribution < 1.29 is 14.5 Å². The second-order valence-electron chi connectivity index (χ2n) is 8.22. The van der Waals surface area contributed by atoms with E-state index in [9.17, 15) is 19.7 Å². The lowest BCUT2D eigenvalue weighted by atomic mass is 10.1. The van der Waals surface area contributed by atoms with Crippen molar-refractivity contribution >= 4 is 34.8 Å². The molecule has 10 heteroatoms.